The SMILES string of the molecule is O=C(COc1ccc(S(=O)(=O)NC2CCCC2)cc1Cl)Nc1ccccc1Br. The summed E-state index contributed by atoms with van der Waals surface area (Å²) in [5.74, 6) is -0.119. The van der Waals surface area contributed by atoms with Crippen LogP contribution >= 0.6 is 27.5 Å². The van der Waals surface area contributed by atoms with Gasteiger partial charge in [0.1, 0.15) is 5.75 Å². The molecule has 1 amide bonds. The fourth-order valence-electron chi connectivity index (χ4n) is 2.99. The molecule has 6 nitrogen and oxygen atoms in total. The number of amides is 1. The number of hydrogen-bond donors (Lipinski definition) is 2. The molecular formula is C19H20BrClN2O4S. The Bertz CT molecular complexity index is 962. The summed E-state index contributed by atoms with van der Waals surface area (Å²) in [5, 5.41) is 2.84. The number of ether oxygens (including phenoxy) is 1. The first-order valence-electron chi connectivity index (χ1n) is 8.84. The molecule has 0 unspecified atom stereocenters. The first-order chi connectivity index (χ1) is 13.3. The Morgan fingerprint density at radius 1 is 1.18 bits per heavy atom. The minimum Gasteiger partial charge on any atom is -0.482 e. The number of nitrogens with one attached hydrogen (secondary N) is 2. The second-order valence-corrected chi connectivity index (χ2v) is 9.49. The van der Waals surface area contributed by atoms with Crippen LogP contribution in [-0.4, -0.2) is 27.0 Å². The van der Waals surface area contributed by atoms with Gasteiger partial charge in [0.05, 0.1) is 15.6 Å². The minimum absolute atomic E-state index is 0.0271. The topological polar surface area (TPSA) is 84.5 Å². The number of carbonyl (C=O) groups excluding carboxylic acids is 1. The van der Waals surface area contributed by atoms with E-state index in [-0.39, 0.29) is 34.2 Å². The molecule has 0 aliphatic heterocycles. The summed E-state index contributed by atoms with van der Waals surface area (Å²) in [5.41, 5.74) is 0.627. The molecule has 1 aliphatic carbocycles. The molecular weight excluding hydrogens is 468 g/mol. The Morgan fingerprint density at radius 3 is 2.57 bits per heavy atom. The van der Waals surface area contributed by atoms with Crippen molar-refractivity contribution < 1.29 is 17.9 Å². The van der Waals surface area contributed by atoms with Crippen molar-refractivity contribution in [3.63, 3.8) is 0 Å². The van der Waals surface area contributed by atoms with E-state index in [1.165, 1.54) is 18.2 Å². The van der Waals surface area contributed by atoms with Gasteiger partial charge in [0.15, 0.2) is 6.61 Å². The van der Waals surface area contributed by atoms with Gasteiger partial charge in [-0.1, -0.05) is 36.6 Å². The second-order valence-electron chi connectivity index (χ2n) is 6.51. The van der Waals surface area contributed by atoms with E-state index in [9.17, 15) is 13.2 Å². The Labute approximate surface area is 177 Å². The molecule has 0 heterocycles. The van der Waals surface area contributed by atoms with Crippen molar-refractivity contribution in [3.8, 4) is 5.75 Å². The molecule has 0 radical (unpaired) electrons. The van der Waals surface area contributed by atoms with Crippen molar-refractivity contribution in [1.29, 1.82) is 0 Å². The smallest absolute Gasteiger partial charge is 0.262 e. The van der Waals surface area contributed by atoms with Crippen LogP contribution in [0, 0.1) is 0 Å². The zero-order chi connectivity index (χ0) is 20.1. The third-order valence-corrected chi connectivity index (χ3v) is 6.90. The van der Waals surface area contributed by atoms with E-state index in [0.717, 1.165) is 30.2 Å². The zero-order valence-electron chi connectivity index (χ0n) is 15.0. The number of anilines is 1. The molecule has 2 aromatic rings. The number of sulfonamides is 1. The third kappa shape index (κ3) is 5.47. The predicted molar refractivity (Wildman–Crippen MR) is 112 cm³/mol. The molecule has 2 N–H and O–H groups in total. The van der Waals surface area contributed by atoms with Gasteiger partial charge in [-0.15, -0.1) is 0 Å². The lowest BCUT2D eigenvalue weighted by Gasteiger charge is -2.14. The van der Waals surface area contributed by atoms with Crippen LogP contribution in [0.25, 0.3) is 0 Å². The van der Waals surface area contributed by atoms with Crippen molar-refractivity contribution in [2.45, 2.75) is 36.6 Å². The van der Waals surface area contributed by atoms with E-state index < -0.39 is 10.0 Å². The largest absolute Gasteiger partial charge is 0.482 e. The summed E-state index contributed by atoms with van der Waals surface area (Å²) >= 11 is 9.52. The van der Waals surface area contributed by atoms with Gasteiger partial charge in [0.25, 0.3) is 5.91 Å². The van der Waals surface area contributed by atoms with E-state index in [1.807, 2.05) is 12.1 Å². The van der Waals surface area contributed by atoms with Crippen molar-refractivity contribution in [1.82, 2.24) is 4.72 Å². The first kappa shape index (κ1) is 21.1. The standard InChI is InChI=1S/C19H20BrClN2O4S/c20-15-7-3-4-8-17(15)22-19(24)12-27-18-10-9-14(11-16(18)21)28(25,26)23-13-5-1-2-6-13/h3-4,7-11,13,23H,1-2,5-6,12H2,(H,22,24). The van der Waals surface area contributed by atoms with Gasteiger partial charge in [0.2, 0.25) is 10.0 Å². The summed E-state index contributed by atoms with van der Waals surface area (Å²) in [7, 11) is -3.63. The molecule has 28 heavy (non-hydrogen) atoms. The average Bonchev–Trinajstić information content (AvgIpc) is 3.15. The number of halogens is 2. The summed E-state index contributed by atoms with van der Waals surface area (Å²) in [6.45, 7) is -0.256. The minimum atomic E-state index is -3.63. The second kappa shape index (κ2) is 9.26. The zero-order valence-corrected chi connectivity index (χ0v) is 18.1. The van der Waals surface area contributed by atoms with Crippen LogP contribution in [-0.2, 0) is 14.8 Å². The van der Waals surface area contributed by atoms with Crippen LogP contribution in [0.2, 0.25) is 5.02 Å². The molecule has 1 aliphatic rings. The van der Waals surface area contributed by atoms with Gasteiger partial charge in [-0.2, -0.15) is 0 Å². The molecule has 0 spiro atoms. The van der Waals surface area contributed by atoms with Gasteiger partial charge in [-0.05, 0) is 59.1 Å². The van der Waals surface area contributed by atoms with Crippen molar-refractivity contribution in [3.05, 3.63) is 52.0 Å². The summed E-state index contributed by atoms with van der Waals surface area (Å²) in [6, 6.07) is 11.4. The number of para-hydroxylation sites is 1. The van der Waals surface area contributed by atoms with Crippen LogP contribution in [0.5, 0.6) is 5.75 Å². The molecule has 0 atom stereocenters. The van der Waals surface area contributed by atoms with E-state index >= 15 is 0 Å². The number of hydrogen-bond acceptors (Lipinski definition) is 4. The summed E-state index contributed by atoms with van der Waals surface area (Å²) in [6.07, 6.45) is 3.76. The first-order valence-corrected chi connectivity index (χ1v) is 11.5. The van der Waals surface area contributed by atoms with Crippen LogP contribution in [0.1, 0.15) is 25.7 Å². The van der Waals surface area contributed by atoms with Crippen LogP contribution < -0.4 is 14.8 Å². The summed E-state index contributed by atoms with van der Waals surface area (Å²) < 4.78 is 33.8. The molecule has 0 aromatic heterocycles. The van der Waals surface area contributed by atoms with Crippen molar-refractivity contribution in [2.24, 2.45) is 0 Å². The molecule has 2 aromatic carbocycles. The maximum absolute atomic E-state index is 12.5. The quantitative estimate of drug-likeness (QED) is 0.608. The van der Waals surface area contributed by atoms with Gasteiger partial charge in [-0.25, -0.2) is 13.1 Å². The number of rotatable bonds is 7. The molecule has 3 rings (SSSR count). The Kier molecular flexibility index (Phi) is 6.98. The lowest BCUT2D eigenvalue weighted by Crippen LogP contribution is -2.32. The Morgan fingerprint density at radius 2 is 1.89 bits per heavy atom. The fraction of sp³-hybridized carbons (Fsp3) is 0.316. The van der Waals surface area contributed by atoms with Gasteiger partial charge in [0, 0.05) is 10.5 Å². The van der Waals surface area contributed by atoms with E-state index in [4.69, 9.17) is 16.3 Å². The molecule has 0 bridgehead atoms. The van der Waals surface area contributed by atoms with Gasteiger partial charge in [-0.3, -0.25) is 4.79 Å². The van der Waals surface area contributed by atoms with Crippen molar-refractivity contribution >= 4 is 49.1 Å². The third-order valence-electron chi connectivity index (χ3n) is 4.40. The van der Waals surface area contributed by atoms with Crippen LogP contribution in [0.4, 0.5) is 5.69 Å². The normalized spacial score (nSPS) is 14.8. The maximum atomic E-state index is 12.5. The van der Waals surface area contributed by atoms with Gasteiger partial charge >= 0.3 is 0 Å². The van der Waals surface area contributed by atoms with E-state index in [1.54, 1.807) is 12.1 Å². The Hall–Kier alpha value is -1.61. The average molecular weight is 488 g/mol. The highest BCUT2D eigenvalue weighted by molar-refractivity contribution is 9.10. The number of carbonyl (C=O) groups is 1. The molecule has 1 saturated carbocycles. The van der Waals surface area contributed by atoms with Crippen molar-refractivity contribution in [2.75, 3.05) is 11.9 Å². The lowest BCUT2D eigenvalue weighted by atomic mass is 10.3. The van der Waals surface area contributed by atoms with Gasteiger partial charge < -0.3 is 10.1 Å². The van der Waals surface area contributed by atoms with Crippen LogP contribution in [0.3, 0.4) is 0 Å². The maximum Gasteiger partial charge on any atom is 0.262 e. The number of benzene rings is 2. The highest BCUT2D eigenvalue weighted by Gasteiger charge is 2.23. The highest BCUT2D eigenvalue weighted by atomic mass is 79.9. The molecule has 9 heteroatoms. The Balaban J connectivity index is 1.61. The molecule has 150 valence electrons. The molecule has 0 saturated heterocycles. The predicted octanol–water partition coefficient (Wildman–Crippen LogP) is 4.34. The summed E-state index contributed by atoms with van der Waals surface area (Å²) in [4.78, 5) is 12.1. The lowest BCUT2D eigenvalue weighted by molar-refractivity contribution is -0.118. The monoisotopic (exact) mass is 486 g/mol. The van der Waals surface area contributed by atoms with E-state index in [2.05, 4.69) is 26.0 Å². The highest BCUT2D eigenvalue weighted by Crippen LogP contribution is 2.28. The molecule has 1 fully saturated rings. The van der Waals surface area contributed by atoms with E-state index in [0.29, 0.717) is 5.69 Å². The van der Waals surface area contributed by atoms with Crippen LogP contribution in [0.15, 0.2) is 51.8 Å². The fourth-order valence-corrected chi connectivity index (χ4v) is 5.00.